The summed E-state index contributed by atoms with van der Waals surface area (Å²) in [6, 6.07) is 14.2. The van der Waals surface area contributed by atoms with Gasteiger partial charge < -0.3 is 14.8 Å². The highest BCUT2D eigenvalue weighted by Gasteiger charge is 2.28. The van der Waals surface area contributed by atoms with Crippen LogP contribution in [0.25, 0.3) is 0 Å². The van der Waals surface area contributed by atoms with Crippen LogP contribution in [-0.2, 0) is 4.79 Å². The van der Waals surface area contributed by atoms with Gasteiger partial charge in [-0.3, -0.25) is 9.69 Å². The van der Waals surface area contributed by atoms with Crippen LogP contribution in [-0.4, -0.2) is 44.4 Å². The zero-order valence-electron chi connectivity index (χ0n) is 16.7. The molecule has 6 heteroatoms. The number of para-hydroxylation sites is 1. The van der Waals surface area contributed by atoms with Crippen molar-refractivity contribution in [3.05, 3.63) is 48.0 Å². The Balaban J connectivity index is 1.63. The highest BCUT2D eigenvalue weighted by Crippen LogP contribution is 2.38. The number of benzene rings is 2. The Morgan fingerprint density at radius 1 is 1.21 bits per heavy atom. The number of anilines is 1. The summed E-state index contributed by atoms with van der Waals surface area (Å²) in [5.41, 5.74) is 2.05. The predicted molar refractivity (Wildman–Crippen MR) is 115 cm³/mol. The van der Waals surface area contributed by atoms with Gasteiger partial charge in [0.15, 0.2) is 0 Å². The van der Waals surface area contributed by atoms with E-state index in [-0.39, 0.29) is 11.9 Å². The number of hydrogen-bond acceptors (Lipinski definition) is 5. The maximum absolute atomic E-state index is 12.5. The lowest BCUT2D eigenvalue weighted by Crippen LogP contribution is -2.28. The van der Waals surface area contributed by atoms with E-state index in [4.69, 9.17) is 9.47 Å². The Kier molecular flexibility index (Phi) is 7.23. The maximum atomic E-state index is 12.5. The highest BCUT2D eigenvalue weighted by molar-refractivity contribution is 7.98. The van der Waals surface area contributed by atoms with Gasteiger partial charge in [0.1, 0.15) is 11.5 Å². The Labute approximate surface area is 171 Å². The maximum Gasteiger partial charge on any atom is 0.225 e. The third-order valence-electron chi connectivity index (χ3n) is 5.17. The first-order valence-corrected chi connectivity index (χ1v) is 10.8. The summed E-state index contributed by atoms with van der Waals surface area (Å²) in [5, 5.41) is 3.05. The molecule has 1 amide bonds. The SMILES string of the molecule is COc1ccc(C2CCCN2CCC(=O)Nc2ccccc2SC)c(OC)c1. The summed E-state index contributed by atoms with van der Waals surface area (Å²) < 4.78 is 10.9. The number of hydrogen-bond donors (Lipinski definition) is 1. The number of carbonyl (C=O) groups is 1. The summed E-state index contributed by atoms with van der Waals surface area (Å²) in [5.74, 6) is 1.68. The molecule has 0 aliphatic carbocycles. The van der Waals surface area contributed by atoms with Gasteiger partial charge in [-0.25, -0.2) is 0 Å². The average Bonchev–Trinajstić information content (AvgIpc) is 3.20. The molecule has 2 aromatic rings. The summed E-state index contributed by atoms with van der Waals surface area (Å²) in [6.07, 6.45) is 4.68. The third-order valence-corrected chi connectivity index (χ3v) is 5.97. The fraction of sp³-hybridized carbons (Fsp3) is 0.409. The minimum Gasteiger partial charge on any atom is -0.497 e. The summed E-state index contributed by atoms with van der Waals surface area (Å²) in [6.45, 7) is 1.72. The number of likely N-dealkylation sites (tertiary alicyclic amines) is 1. The molecule has 1 heterocycles. The number of carbonyl (C=O) groups excluding carboxylic acids is 1. The molecular formula is C22H28N2O3S. The van der Waals surface area contributed by atoms with Crippen molar-refractivity contribution in [3.8, 4) is 11.5 Å². The van der Waals surface area contributed by atoms with Crippen LogP contribution in [0.2, 0.25) is 0 Å². The smallest absolute Gasteiger partial charge is 0.225 e. The van der Waals surface area contributed by atoms with Gasteiger partial charge in [0.25, 0.3) is 0 Å². The molecule has 0 radical (unpaired) electrons. The van der Waals surface area contributed by atoms with E-state index in [1.54, 1.807) is 26.0 Å². The molecule has 1 aliphatic heterocycles. The summed E-state index contributed by atoms with van der Waals surface area (Å²) >= 11 is 1.64. The fourth-order valence-electron chi connectivity index (χ4n) is 3.75. The largest absolute Gasteiger partial charge is 0.497 e. The minimum atomic E-state index is 0.0499. The van der Waals surface area contributed by atoms with E-state index in [9.17, 15) is 4.79 Å². The normalized spacial score (nSPS) is 16.8. The van der Waals surface area contributed by atoms with Gasteiger partial charge in [0.2, 0.25) is 5.91 Å². The molecule has 0 spiro atoms. The van der Waals surface area contributed by atoms with Crippen molar-refractivity contribution in [2.75, 3.05) is 38.9 Å². The second-order valence-corrected chi connectivity index (χ2v) is 7.65. The number of rotatable bonds is 8. The molecule has 1 fully saturated rings. The Morgan fingerprint density at radius 3 is 2.79 bits per heavy atom. The van der Waals surface area contributed by atoms with Crippen molar-refractivity contribution >= 4 is 23.4 Å². The quantitative estimate of drug-likeness (QED) is 0.657. The summed E-state index contributed by atoms with van der Waals surface area (Å²) in [7, 11) is 3.35. The lowest BCUT2D eigenvalue weighted by Gasteiger charge is -2.26. The van der Waals surface area contributed by atoms with Crippen molar-refractivity contribution in [2.24, 2.45) is 0 Å². The van der Waals surface area contributed by atoms with Gasteiger partial charge in [0, 0.05) is 35.5 Å². The monoisotopic (exact) mass is 400 g/mol. The zero-order valence-corrected chi connectivity index (χ0v) is 17.6. The minimum absolute atomic E-state index is 0.0499. The molecule has 1 saturated heterocycles. The number of ether oxygens (including phenoxy) is 2. The standard InChI is InChI=1S/C22H28N2O3S/c1-26-16-10-11-17(20(15-16)27-2)19-8-6-13-24(19)14-12-22(25)23-18-7-4-5-9-21(18)28-3/h4-5,7,9-11,15,19H,6,8,12-14H2,1-3H3,(H,23,25). The molecule has 3 rings (SSSR count). The molecule has 28 heavy (non-hydrogen) atoms. The number of thioether (sulfide) groups is 1. The first-order valence-electron chi connectivity index (χ1n) is 9.55. The van der Waals surface area contributed by atoms with Gasteiger partial charge in [-0.15, -0.1) is 11.8 Å². The van der Waals surface area contributed by atoms with Gasteiger partial charge in [-0.1, -0.05) is 18.2 Å². The van der Waals surface area contributed by atoms with Crippen LogP contribution >= 0.6 is 11.8 Å². The second-order valence-electron chi connectivity index (χ2n) is 6.80. The molecule has 1 atom stereocenters. The molecule has 1 unspecified atom stereocenters. The average molecular weight is 401 g/mol. The molecule has 0 aromatic heterocycles. The van der Waals surface area contributed by atoms with Crippen molar-refractivity contribution in [1.29, 1.82) is 0 Å². The molecule has 1 N–H and O–H groups in total. The number of nitrogens with one attached hydrogen (secondary N) is 1. The van der Waals surface area contributed by atoms with E-state index < -0.39 is 0 Å². The number of methoxy groups -OCH3 is 2. The van der Waals surface area contributed by atoms with Gasteiger partial charge in [0.05, 0.1) is 19.9 Å². The van der Waals surface area contributed by atoms with Gasteiger partial charge in [-0.05, 0) is 43.8 Å². The van der Waals surface area contributed by atoms with E-state index >= 15 is 0 Å². The Hall–Kier alpha value is -2.18. The molecular weight excluding hydrogens is 372 g/mol. The molecule has 0 bridgehead atoms. The Bertz CT molecular complexity index is 812. The van der Waals surface area contributed by atoms with E-state index in [0.717, 1.165) is 53.6 Å². The van der Waals surface area contributed by atoms with Crippen LogP contribution in [0.5, 0.6) is 11.5 Å². The van der Waals surface area contributed by atoms with Crippen LogP contribution in [0.1, 0.15) is 30.9 Å². The van der Waals surface area contributed by atoms with Crippen LogP contribution in [0.3, 0.4) is 0 Å². The van der Waals surface area contributed by atoms with E-state index in [0.29, 0.717) is 6.42 Å². The van der Waals surface area contributed by atoms with Crippen molar-refractivity contribution in [1.82, 2.24) is 4.90 Å². The molecule has 5 nitrogen and oxygen atoms in total. The molecule has 2 aromatic carbocycles. The number of amides is 1. The van der Waals surface area contributed by atoms with Crippen LogP contribution in [0, 0.1) is 0 Å². The van der Waals surface area contributed by atoms with Gasteiger partial charge >= 0.3 is 0 Å². The Morgan fingerprint density at radius 2 is 2.04 bits per heavy atom. The molecule has 150 valence electrons. The van der Waals surface area contributed by atoms with Crippen molar-refractivity contribution in [3.63, 3.8) is 0 Å². The lowest BCUT2D eigenvalue weighted by molar-refractivity contribution is -0.116. The first kappa shape index (κ1) is 20.6. The molecule has 0 saturated carbocycles. The number of nitrogens with zero attached hydrogens (tertiary/aromatic N) is 1. The van der Waals surface area contributed by atoms with Crippen LogP contribution in [0.15, 0.2) is 47.4 Å². The molecule has 1 aliphatic rings. The topological polar surface area (TPSA) is 50.8 Å². The van der Waals surface area contributed by atoms with Crippen LogP contribution < -0.4 is 14.8 Å². The zero-order chi connectivity index (χ0) is 19.9. The second kappa shape index (κ2) is 9.85. The van der Waals surface area contributed by atoms with E-state index in [2.05, 4.69) is 16.3 Å². The first-order chi connectivity index (χ1) is 13.7. The van der Waals surface area contributed by atoms with E-state index in [1.807, 2.05) is 42.7 Å². The third kappa shape index (κ3) is 4.80. The van der Waals surface area contributed by atoms with Crippen LogP contribution in [0.4, 0.5) is 5.69 Å². The highest BCUT2D eigenvalue weighted by atomic mass is 32.2. The van der Waals surface area contributed by atoms with Crippen molar-refractivity contribution < 1.29 is 14.3 Å². The predicted octanol–water partition coefficient (Wildman–Crippen LogP) is 4.59. The van der Waals surface area contributed by atoms with Crippen molar-refractivity contribution in [2.45, 2.75) is 30.2 Å². The lowest BCUT2D eigenvalue weighted by atomic mass is 10.0. The summed E-state index contributed by atoms with van der Waals surface area (Å²) in [4.78, 5) is 16.0. The van der Waals surface area contributed by atoms with Gasteiger partial charge in [-0.2, -0.15) is 0 Å². The van der Waals surface area contributed by atoms with E-state index in [1.165, 1.54) is 0 Å². The fourth-order valence-corrected chi connectivity index (χ4v) is 4.30.